The van der Waals surface area contributed by atoms with Crippen LogP contribution in [0.25, 0.3) is 0 Å². The fraction of sp³-hybridized carbons (Fsp3) is 0.389. The van der Waals surface area contributed by atoms with Crippen LogP contribution in [-0.2, 0) is 23.4 Å². The number of ether oxygens (including phenoxy) is 1. The Balaban J connectivity index is 1.89. The van der Waals surface area contributed by atoms with Crippen molar-refractivity contribution in [3.63, 3.8) is 0 Å². The van der Waals surface area contributed by atoms with E-state index in [1.807, 2.05) is 31.2 Å². The van der Waals surface area contributed by atoms with E-state index in [1.165, 1.54) is 4.57 Å². The van der Waals surface area contributed by atoms with Crippen LogP contribution in [0.1, 0.15) is 41.3 Å². The number of nitrogens with one attached hydrogen (secondary N) is 1. The molecule has 25 heavy (non-hydrogen) atoms. The smallest absolute Gasteiger partial charge is 0.296 e. The van der Waals surface area contributed by atoms with Crippen LogP contribution < -0.4 is 10.9 Å². The number of amides is 1. The summed E-state index contributed by atoms with van der Waals surface area (Å²) in [6, 6.07) is 7.70. The lowest BCUT2D eigenvalue weighted by atomic mass is 10.1. The van der Waals surface area contributed by atoms with Gasteiger partial charge in [-0.3, -0.25) is 14.2 Å². The Kier molecular flexibility index (Phi) is 4.34. The number of nitrogens with zero attached hydrogens (tertiary/aromatic N) is 2. The van der Waals surface area contributed by atoms with E-state index in [2.05, 4.69) is 10.3 Å². The highest BCUT2D eigenvalue weighted by atomic mass is 16.5. The molecule has 2 aromatic rings. The number of carbonyl (C=O) groups excluding carboxylic acids is 1. The molecule has 7 heteroatoms. The second kappa shape index (κ2) is 6.33. The number of carbonyl (C=O) groups is 1. The van der Waals surface area contributed by atoms with Crippen LogP contribution in [0, 0.1) is 6.92 Å². The molecule has 1 aliphatic rings. The van der Waals surface area contributed by atoms with Crippen molar-refractivity contribution < 1.29 is 14.6 Å². The molecule has 3 rings (SSSR count). The quantitative estimate of drug-likeness (QED) is 0.880. The van der Waals surface area contributed by atoms with Gasteiger partial charge >= 0.3 is 0 Å². The van der Waals surface area contributed by atoms with Gasteiger partial charge in [0, 0.05) is 6.54 Å². The SMILES string of the molecule is Cc1ccc(CNC(=O)c2nc3n(c(=O)c2O)CCOC3(C)C)cc1. The molecule has 1 aliphatic heterocycles. The number of rotatable bonds is 3. The van der Waals surface area contributed by atoms with Crippen LogP contribution in [0.3, 0.4) is 0 Å². The third-order valence-corrected chi connectivity index (χ3v) is 4.25. The fourth-order valence-corrected chi connectivity index (χ4v) is 2.80. The van der Waals surface area contributed by atoms with Crippen molar-refractivity contribution in [2.45, 2.75) is 39.5 Å². The zero-order chi connectivity index (χ0) is 18.2. The number of aromatic nitrogens is 2. The normalized spacial score (nSPS) is 15.5. The highest BCUT2D eigenvalue weighted by molar-refractivity contribution is 5.94. The van der Waals surface area contributed by atoms with E-state index in [-0.39, 0.29) is 12.2 Å². The summed E-state index contributed by atoms with van der Waals surface area (Å²) in [5.74, 6) is -0.898. The Morgan fingerprint density at radius 3 is 2.72 bits per heavy atom. The molecule has 132 valence electrons. The molecule has 0 fully saturated rings. The Morgan fingerprint density at radius 2 is 2.04 bits per heavy atom. The fourth-order valence-electron chi connectivity index (χ4n) is 2.80. The van der Waals surface area contributed by atoms with Crippen molar-refractivity contribution in [3.8, 4) is 5.75 Å². The third kappa shape index (κ3) is 3.28. The highest BCUT2D eigenvalue weighted by Crippen LogP contribution is 2.27. The number of aryl methyl sites for hydroxylation is 1. The lowest BCUT2D eigenvalue weighted by Crippen LogP contribution is -2.42. The van der Waals surface area contributed by atoms with E-state index in [1.54, 1.807) is 13.8 Å². The molecule has 2 N–H and O–H groups in total. The molecule has 0 bridgehead atoms. The third-order valence-electron chi connectivity index (χ3n) is 4.25. The number of fused-ring (bicyclic) bond motifs is 1. The van der Waals surface area contributed by atoms with Crippen LogP contribution in [0.5, 0.6) is 5.75 Å². The van der Waals surface area contributed by atoms with Gasteiger partial charge in [-0.05, 0) is 26.3 Å². The molecule has 0 spiro atoms. The van der Waals surface area contributed by atoms with Gasteiger partial charge in [0.15, 0.2) is 5.69 Å². The van der Waals surface area contributed by atoms with Crippen LogP contribution in [-0.4, -0.2) is 27.2 Å². The molecular weight excluding hydrogens is 322 g/mol. The van der Waals surface area contributed by atoms with Crippen molar-refractivity contribution in [2.75, 3.05) is 6.61 Å². The van der Waals surface area contributed by atoms with Gasteiger partial charge in [-0.1, -0.05) is 29.8 Å². The monoisotopic (exact) mass is 343 g/mol. The van der Waals surface area contributed by atoms with E-state index in [9.17, 15) is 14.7 Å². The molecule has 1 amide bonds. The van der Waals surface area contributed by atoms with Gasteiger partial charge < -0.3 is 15.2 Å². The lowest BCUT2D eigenvalue weighted by Gasteiger charge is -2.32. The maximum absolute atomic E-state index is 12.4. The topological polar surface area (TPSA) is 93.5 Å². The van der Waals surface area contributed by atoms with Crippen LogP contribution in [0.15, 0.2) is 29.1 Å². The van der Waals surface area contributed by atoms with Crippen molar-refractivity contribution in [2.24, 2.45) is 0 Å². The molecule has 1 aromatic heterocycles. The van der Waals surface area contributed by atoms with E-state index in [4.69, 9.17) is 4.74 Å². The van der Waals surface area contributed by atoms with Crippen molar-refractivity contribution in [3.05, 3.63) is 57.3 Å². The van der Waals surface area contributed by atoms with E-state index >= 15 is 0 Å². The van der Waals surface area contributed by atoms with Crippen LogP contribution in [0.4, 0.5) is 0 Å². The average Bonchev–Trinajstić information content (AvgIpc) is 2.57. The predicted octanol–water partition coefficient (Wildman–Crippen LogP) is 1.45. The zero-order valence-electron chi connectivity index (χ0n) is 14.5. The maximum Gasteiger partial charge on any atom is 0.296 e. The largest absolute Gasteiger partial charge is 0.501 e. The first-order valence-corrected chi connectivity index (χ1v) is 8.11. The van der Waals surface area contributed by atoms with Gasteiger partial charge in [-0.2, -0.15) is 0 Å². The summed E-state index contributed by atoms with van der Waals surface area (Å²) in [7, 11) is 0. The molecule has 0 aliphatic carbocycles. The summed E-state index contributed by atoms with van der Waals surface area (Å²) in [5, 5.41) is 12.8. The predicted molar refractivity (Wildman–Crippen MR) is 91.5 cm³/mol. The summed E-state index contributed by atoms with van der Waals surface area (Å²) in [5.41, 5.74) is 0.330. The molecular formula is C18H21N3O4. The summed E-state index contributed by atoms with van der Waals surface area (Å²) in [6.07, 6.45) is 0. The minimum absolute atomic E-state index is 0.276. The summed E-state index contributed by atoms with van der Waals surface area (Å²) in [4.78, 5) is 29.0. The minimum Gasteiger partial charge on any atom is -0.501 e. The Hall–Kier alpha value is -2.67. The van der Waals surface area contributed by atoms with Crippen molar-refractivity contribution >= 4 is 5.91 Å². The minimum atomic E-state index is -0.808. The Morgan fingerprint density at radius 1 is 1.36 bits per heavy atom. The molecule has 0 radical (unpaired) electrons. The van der Waals surface area contributed by atoms with E-state index < -0.39 is 22.8 Å². The first kappa shape index (κ1) is 17.2. The van der Waals surface area contributed by atoms with Crippen LogP contribution in [0.2, 0.25) is 0 Å². The second-order valence-electron chi connectivity index (χ2n) is 6.62. The number of benzene rings is 1. The second-order valence-corrected chi connectivity index (χ2v) is 6.62. The Labute approximate surface area is 145 Å². The lowest BCUT2D eigenvalue weighted by molar-refractivity contribution is -0.0566. The number of hydrogen-bond acceptors (Lipinski definition) is 5. The number of aromatic hydroxyl groups is 1. The highest BCUT2D eigenvalue weighted by Gasteiger charge is 2.34. The van der Waals surface area contributed by atoms with Crippen molar-refractivity contribution in [1.82, 2.24) is 14.9 Å². The summed E-state index contributed by atoms with van der Waals surface area (Å²) < 4.78 is 6.98. The zero-order valence-corrected chi connectivity index (χ0v) is 14.5. The maximum atomic E-state index is 12.4. The van der Waals surface area contributed by atoms with Gasteiger partial charge in [0.2, 0.25) is 5.75 Å². The van der Waals surface area contributed by atoms with E-state index in [0.29, 0.717) is 19.0 Å². The summed E-state index contributed by atoms with van der Waals surface area (Å²) >= 11 is 0. The van der Waals surface area contributed by atoms with Crippen LogP contribution >= 0.6 is 0 Å². The average molecular weight is 343 g/mol. The molecule has 0 saturated carbocycles. The first-order chi connectivity index (χ1) is 11.8. The molecule has 2 heterocycles. The number of hydrogen-bond donors (Lipinski definition) is 2. The molecule has 1 aromatic carbocycles. The molecule has 0 saturated heterocycles. The van der Waals surface area contributed by atoms with Gasteiger partial charge in [-0.15, -0.1) is 0 Å². The van der Waals surface area contributed by atoms with E-state index in [0.717, 1.165) is 11.1 Å². The molecule has 0 unspecified atom stereocenters. The van der Waals surface area contributed by atoms with Crippen molar-refractivity contribution in [1.29, 1.82) is 0 Å². The van der Waals surface area contributed by atoms with Gasteiger partial charge in [0.05, 0.1) is 13.2 Å². The Bertz CT molecular complexity index is 869. The standard InChI is InChI=1S/C18H21N3O4/c1-11-4-6-12(7-5-11)10-19-15(23)13-14(22)16(24)21-8-9-25-18(2,3)17(21)20-13/h4-7,22H,8-10H2,1-3H3,(H,19,23). The first-order valence-electron chi connectivity index (χ1n) is 8.11. The molecule has 0 atom stereocenters. The summed E-state index contributed by atoms with van der Waals surface area (Å²) in [6.45, 7) is 6.45. The van der Waals surface area contributed by atoms with Gasteiger partial charge in [-0.25, -0.2) is 4.98 Å². The van der Waals surface area contributed by atoms with Gasteiger partial charge in [0.1, 0.15) is 11.4 Å². The molecule has 7 nitrogen and oxygen atoms in total. The van der Waals surface area contributed by atoms with Gasteiger partial charge in [0.25, 0.3) is 11.5 Å².